The smallest absolute Gasteiger partial charge is 0.289 e. The minimum Gasteiger partial charge on any atom is -0.497 e. The van der Waals surface area contributed by atoms with E-state index in [4.69, 9.17) is 21.3 Å². The van der Waals surface area contributed by atoms with Crippen LogP contribution in [0.3, 0.4) is 0 Å². The van der Waals surface area contributed by atoms with Crippen molar-refractivity contribution in [3.8, 4) is 16.9 Å². The van der Waals surface area contributed by atoms with Gasteiger partial charge in [-0.05, 0) is 29.7 Å². The second-order valence-corrected chi connectivity index (χ2v) is 11.2. The van der Waals surface area contributed by atoms with E-state index in [2.05, 4.69) is 0 Å². The first-order valence-corrected chi connectivity index (χ1v) is 13.2. The van der Waals surface area contributed by atoms with Crippen molar-refractivity contribution in [2.24, 2.45) is 0 Å². The number of thioether (sulfide) groups is 1. The maximum atomic E-state index is 12.2. The van der Waals surface area contributed by atoms with E-state index in [1.165, 1.54) is 16.2 Å². The Bertz CT molecular complexity index is 1240. The fourth-order valence-corrected chi connectivity index (χ4v) is 7.64. The maximum absolute atomic E-state index is 12.2. The summed E-state index contributed by atoms with van der Waals surface area (Å²) in [5, 5.41) is 1.13. The number of benzene rings is 1. The van der Waals surface area contributed by atoms with E-state index in [0.717, 1.165) is 49.3 Å². The molecule has 1 unspecified atom stereocenters. The van der Waals surface area contributed by atoms with Crippen molar-refractivity contribution in [2.45, 2.75) is 18.7 Å². The molecule has 6 nitrogen and oxygen atoms in total. The number of halogens is 1. The molecule has 1 atom stereocenters. The van der Waals surface area contributed by atoms with Gasteiger partial charge in [-0.1, -0.05) is 35.5 Å². The van der Waals surface area contributed by atoms with Crippen LogP contribution in [0.25, 0.3) is 21.3 Å². The number of imide groups is 1. The third-order valence-corrected chi connectivity index (χ3v) is 9.27. The van der Waals surface area contributed by atoms with E-state index >= 15 is 0 Å². The summed E-state index contributed by atoms with van der Waals surface area (Å²) >= 11 is 9.40. The van der Waals surface area contributed by atoms with Gasteiger partial charge < -0.3 is 4.74 Å². The summed E-state index contributed by atoms with van der Waals surface area (Å²) in [5.41, 5.74) is 3.38. The molecule has 4 heterocycles. The van der Waals surface area contributed by atoms with E-state index in [0.29, 0.717) is 28.6 Å². The molecule has 0 spiro atoms. The lowest BCUT2D eigenvalue weighted by atomic mass is 9.97. The predicted molar refractivity (Wildman–Crippen MR) is 125 cm³/mol. The molecular weight excluding hydrogens is 476 g/mol. The monoisotopic (exact) mass is 492 g/mol. The highest BCUT2D eigenvalue weighted by Crippen LogP contribution is 2.45. The summed E-state index contributed by atoms with van der Waals surface area (Å²) in [4.78, 5) is 32.1. The van der Waals surface area contributed by atoms with Crippen molar-refractivity contribution in [3.05, 3.63) is 45.4 Å². The number of aryl methyl sites for hydroxylation is 1. The van der Waals surface area contributed by atoms with E-state index in [-0.39, 0.29) is 23.4 Å². The Balaban J connectivity index is 1.72. The lowest BCUT2D eigenvalue weighted by molar-refractivity contribution is -0.125. The van der Waals surface area contributed by atoms with Gasteiger partial charge in [-0.25, -0.2) is 4.98 Å². The molecule has 0 radical (unpaired) electrons. The van der Waals surface area contributed by atoms with Gasteiger partial charge in [0.25, 0.3) is 5.24 Å². The average Bonchev–Trinajstić information content (AvgIpc) is 3.28. The first kappa shape index (κ1) is 20.9. The van der Waals surface area contributed by atoms with Crippen molar-refractivity contribution in [1.82, 2.24) is 9.88 Å². The van der Waals surface area contributed by atoms with Crippen molar-refractivity contribution >= 4 is 66.9 Å². The van der Waals surface area contributed by atoms with E-state index in [1.807, 2.05) is 24.3 Å². The molecule has 5 rings (SSSR count). The van der Waals surface area contributed by atoms with Crippen LogP contribution in [0.5, 0.6) is 5.75 Å². The minimum absolute atomic E-state index is 0.0388. The van der Waals surface area contributed by atoms with Crippen LogP contribution in [-0.2, 0) is 34.3 Å². The number of nitrogens with zero attached hydrogens (tertiary/aromatic N) is 2. The van der Waals surface area contributed by atoms with E-state index in [9.17, 15) is 13.8 Å². The zero-order chi connectivity index (χ0) is 21.7. The zero-order valence-corrected chi connectivity index (χ0v) is 19.7. The lowest BCUT2D eigenvalue weighted by Gasteiger charge is -2.17. The van der Waals surface area contributed by atoms with Gasteiger partial charge in [0.15, 0.2) is 0 Å². The average molecular weight is 493 g/mol. The SMILES string of the molecule is COc1ccc(-c2c(Cl)c(CN3C(=O)CSC3=O)nc3sc4c(c23)CCS(=O)C4)cc1. The normalized spacial score (nSPS) is 18.6. The predicted octanol–water partition coefficient (Wildman–Crippen LogP) is 4.63. The third-order valence-electron chi connectivity index (χ3n) is 5.43. The molecule has 3 aromatic rings. The van der Waals surface area contributed by atoms with Crippen molar-refractivity contribution in [2.75, 3.05) is 18.6 Å². The highest BCUT2D eigenvalue weighted by molar-refractivity contribution is 8.14. The Hall–Kier alpha value is -1.94. The van der Waals surface area contributed by atoms with Gasteiger partial charge in [-0.15, -0.1) is 11.3 Å². The summed E-state index contributed by atoms with van der Waals surface area (Å²) in [6, 6.07) is 7.62. The van der Waals surface area contributed by atoms with Crippen LogP contribution in [0, 0.1) is 0 Å². The zero-order valence-electron chi connectivity index (χ0n) is 16.5. The summed E-state index contributed by atoms with van der Waals surface area (Å²) in [5.74, 6) is 1.78. The number of aromatic nitrogens is 1. The third kappa shape index (κ3) is 3.67. The quantitative estimate of drug-likeness (QED) is 0.528. The Labute approximate surface area is 194 Å². The van der Waals surface area contributed by atoms with Crippen LogP contribution < -0.4 is 4.74 Å². The Kier molecular flexibility index (Phi) is 5.54. The molecule has 0 N–H and O–H groups in total. The summed E-state index contributed by atoms with van der Waals surface area (Å²) in [6.45, 7) is 0.0388. The number of pyridine rings is 1. The summed E-state index contributed by atoms with van der Waals surface area (Å²) in [7, 11) is 0.738. The van der Waals surface area contributed by atoms with Crippen molar-refractivity contribution in [3.63, 3.8) is 0 Å². The standard InChI is InChI=1S/C21H17ClN2O4S3/c1-28-12-4-2-11(3-5-12)17-18-13-6-7-31(27)10-15(13)30-20(18)23-14(19(17)22)8-24-16(25)9-29-21(24)26/h2-5H,6-10H2,1H3. The van der Waals surface area contributed by atoms with Crippen molar-refractivity contribution in [1.29, 1.82) is 0 Å². The second-order valence-electron chi connectivity index (χ2n) is 7.23. The molecule has 2 aromatic heterocycles. The topological polar surface area (TPSA) is 76.6 Å². The number of carbonyl (C=O) groups is 2. The Morgan fingerprint density at radius 1 is 1.26 bits per heavy atom. The molecule has 0 aliphatic carbocycles. The molecule has 2 aliphatic rings. The Morgan fingerprint density at radius 3 is 2.71 bits per heavy atom. The van der Waals surface area contributed by atoms with Gasteiger partial charge >= 0.3 is 0 Å². The second kappa shape index (κ2) is 8.20. The number of amides is 2. The van der Waals surface area contributed by atoms with Crippen LogP contribution in [0.2, 0.25) is 5.02 Å². The number of carbonyl (C=O) groups excluding carboxylic acids is 2. The Morgan fingerprint density at radius 2 is 2.03 bits per heavy atom. The molecule has 2 amide bonds. The first-order chi connectivity index (χ1) is 15.0. The van der Waals surface area contributed by atoms with Gasteiger partial charge in [0.1, 0.15) is 10.6 Å². The minimum atomic E-state index is -0.875. The fourth-order valence-electron chi connectivity index (χ4n) is 3.89. The van der Waals surface area contributed by atoms with Gasteiger partial charge in [0, 0.05) is 32.4 Å². The van der Waals surface area contributed by atoms with Crippen LogP contribution >= 0.6 is 34.7 Å². The van der Waals surface area contributed by atoms with Gasteiger partial charge in [-0.2, -0.15) is 0 Å². The van der Waals surface area contributed by atoms with Gasteiger partial charge in [0.05, 0.1) is 35.9 Å². The van der Waals surface area contributed by atoms with Crippen LogP contribution in [-0.4, -0.2) is 43.9 Å². The highest BCUT2D eigenvalue weighted by Gasteiger charge is 2.32. The number of thiophene rings is 1. The molecule has 1 saturated heterocycles. The summed E-state index contributed by atoms with van der Waals surface area (Å²) < 4.78 is 17.4. The van der Waals surface area contributed by atoms with E-state index in [1.54, 1.807) is 7.11 Å². The van der Waals surface area contributed by atoms with Crippen LogP contribution in [0.4, 0.5) is 4.79 Å². The number of hydrogen-bond acceptors (Lipinski definition) is 7. The summed E-state index contributed by atoms with van der Waals surface area (Å²) in [6.07, 6.45) is 0.711. The van der Waals surface area contributed by atoms with E-state index < -0.39 is 10.8 Å². The molecular formula is C21H17ClN2O4S3. The van der Waals surface area contributed by atoms with Gasteiger partial charge in [-0.3, -0.25) is 18.7 Å². The van der Waals surface area contributed by atoms with Crippen molar-refractivity contribution < 1.29 is 18.5 Å². The molecule has 160 valence electrons. The largest absolute Gasteiger partial charge is 0.497 e. The number of methoxy groups -OCH3 is 1. The maximum Gasteiger partial charge on any atom is 0.289 e. The molecule has 1 aromatic carbocycles. The first-order valence-electron chi connectivity index (χ1n) is 9.55. The highest BCUT2D eigenvalue weighted by atomic mass is 35.5. The van der Waals surface area contributed by atoms with Gasteiger partial charge in [0.2, 0.25) is 5.91 Å². The lowest BCUT2D eigenvalue weighted by Crippen LogP contribution is -2.28. The van der Waals surface area contributed by atoms with Crippen LogP contribution in [0.15, 0.2) is 24.3 Å². The molecule has 10 heteroatoms. The number of ether oxygens (including phenoxy) is 1. The van der Waals surface area contributed by atoms with Crippen LogP contribution in [0.1, 0.15) is 16.1 Å². The molecule has 31 heavy (non-hydrogen) atoms. The molecule has 2 aliphatic heterocycles. The molecule has 0 saturated carbocycles. The number of fused-ring (bicyclic) bond motifs is 3. The molecule has 1 fully saturated rings. The molecule has 0 bridgehead atoms. The number of hydrogen-bond donors (Lipinski definition) is 0. The fraction of sp³-hybridized carbons (Fsp3) is 0.286. The number of rotatable bonds is 4.